The number of ether oxygens (including phenoxy) is 2. The molecule has 0 fully saturated rings. The molecule has 0 aliphatic carbocycles. The third-order valence-electron chi connectivity index (χ3n) is 8.88. The molecular formula is C38H75O8P. The van der Waals surface area contributed by atoms with Crippen LogP contribution in [0.25, 0.3) is 0 Å². The van der Waals surface area contributed by atoms with Crippen LogP contribution in [0.4, 0.5) is 0 Å². The van der Waals surface area contributed by atoms with Crippen molar-refractivity contribution in [3.05, 3.63) is 0 Å². The number of carbonyl (C=O) groups is 2. The second-order valence-electron chi connectivity index (χ2n) is 13.6. The molecule has 0 saturated heterocycles. The summed E-state index contributed by atoms with van der Waals surface area (Å²) < 4.78 is 26.3. The van der Waals surface area contributed by atoms with Gasteiger partial charge in [-0.25, -0.2) is 4.57 Å². The fourth-order valence-electron chi connectivity index (χ4n) is 5.90. The van der Waals surface area contributed by atoms with Gasteiger partial charge >= 0.3 is 19.8 Å². The Morgan fingerprint density at radius 3 is 1.09 bits per heavy atom. The normalized spacial score (nSPS) is 12.3. The van der Waals surface area contributed by atoms with Crippen molar-refractivity contribution in [1.29, 1.82) is 0 Å². The predicted octanol–water partition coefficient (Wildman–Crippen LogP) is 11.7. The van der Waals surface area contributed by atoms with E-state index in [0.29, 0.717) is 6.42 Å². The summed E-state index contributed by atoms with van der Waals surface area (Å²) in [5.41, 5.74) is 0. The number of carbonyl (C=O) groups excluding carboxylic acids is 2. The Morgan fingerprint density at radius 2 is 0.766 bits per heavy atom. The van der Waals surface area contributed by atoms with E-state index in [-0.39, 0.29) is 19.4 Å². The van der Waals surface area contributed by atoms with Crippen molar-refractivity contribution >= 4 is 19.8 Å². The fourth-order valence-corrected chi connectivity index (χ4v) is 6.26. The van der Waals surface area contributed by atoms with Crippen LogP contribution in [0.5, 0.6) is 0 Å². The summed E-state index contributed by atoms with van der Waals surface area (Å²) in [6.45, 7) is 3.68. The standard InChI is InChI=1S/C38H75O8P/c1-3-5-7-9-11-13-15-16-17-18-19-20-21-22-23-25-26-28-30-32-37(39)44-34-36(35-45-47(41,42)43)46-38(40)33-31-29-27-24-14-12-10-8-6-4-2/h36H,3-35H2,1-2H3,(H2,41,42,43)/t36-/m1/s1. The largest absolute Gasteiger partial charge is 0.469 e. The molecule has 0 rings (SSSR count). The van der Waals surface area contributed by atoms with E-state index >= 15 is 0 Å². The van der Waals surface area contributed by atoms with E-state index in [1.54, 1.807) is 0 Å². The Morgan fingerprint density at radius 1 is 0.468 bits per heavy atom. The Labute approximate surface area is 289 Å². The Balaban J connectivity index is 3.82. The maximum atomic E-state index is 12.3. The maximum absolute atomic E-state index is 12.3. The third kappa shape index (κ3) is 37.7. The molecule has 1 atom stereocenters. The molecule has 0 amide bonds. The minimum Gasteiger partial charge on any atom is -0.462 e. The molecule has 0 aliphatic rings. The molecule has 9 heteroatoms. The molecule has 0 aliphatic heterocycles. The highest BCUT2D eigenvalue weighted by molar-refractivity contribution is 7.46. The number of phosphoric ester groups is 1. The average molecular weight is 691 g/mol. The topological polar surface area (TPSA) is 119 Å². The minimum atomic E-state index is -4.74. The fraction of sp³-hybridized carbons (Fsp3) is 0.947. The second kappa shape index (κ2) is 34.9. The van der Waals surface area contributed by atoms with Crippen molar-refractivity contribution in [2.75, 3.05) is 13.2 Å². The second-order valence-corrected chi connectivity index (χ2v) is 14.9. The van der Waals surface area contributed by atoms with Crippen LogP contribution < -0.4 is 0 Å². The molecule has 0 unspecified atom stereocenters. The highest BCUT2D eigenvalue weighted by Gasteiger charge is 2.22. The summed E-state index contributed by atoms with van der Waals surface area (Å²) in [6.07, 6.45) is 35.5. The predicted molar refractivity (Wildman–Crippen MR) is 193 cm³/mol. The van der Waals surface area contributed by atoms with Crippen molar-refractivity contribution in [1.82, 2.24) is 0 Å². The lowest BCUT2D eigenvalue weighted by atomic mass is 10.0. The van der Waals surface area contributed by atoms with Crippen LogP contribution >= 0.6 is 7.82 Å². The average Bonchev–Trinajstić information content (AvgIpc) is 3.04. The molecule has 47 heavy (non-hydrogen) atoms. The minimum absolute atomic E-state index is 0.218. The van der Waals surface area contributed by atoms with Crippen LogP contribution in [0.1, 0.15) is 213 Å². The van der Waals surface area contributed by atoms with Crippen LogP contribution in [0.3, 0.4) is 0 Å². The van der Waals surface area contributed by atoms with Crippen LogP contribution in [0.2, 0.25) is 0 Å². The van der Waals surface area contributed by atoms with Gasteiger partial charge in [0.05, 0.1) is 6.61 Å². The summed E-state index contributed by atoms with van der Waals surface area (Å²) in [5, 5.41) is 0. The monoisotopic (exact) mass is 691 g/mol. The van der Waals surface area contributed by atoms with Gasteiger partial charge in [0.15, 0.2) is 6.10 Å². The zero-order chi connectivity index (χ0) is 34.7. The highest BCUT2D eigenvalue weighted by atomic mass is 31.2. The lowest BCUT2D eigenvalue weighted by Crippen LogP contribution is -2.29. The molecule has 8 nitrogen and oxygen atoms in total. The summed E-state index contributed by atoms with van der Waals surface area (Å²) in [5.74, 6) is -0.873. The molecule has 280 valence electrons. The maximum Gasteiger partial charge on any atom is 0.469 e. The first-order valence-corrected chi connectivity index (χ1v) is 21.4. The number of unbranched alkanes of at least 4 members (excludes halogenated alkanes) is 27. The Bertz CT molecular complexity index is 741. The van der Waals surface area contributed by atoms with Gasteiger partial charge in [-0.05, 0) is 12.8 Å². The SMILES string of the molecule is CCCCCCCCCCCCCCCCCCCCCC(=O)OC[C@H](COP(=O)(O)O)OC(=O)CCCCCCCCCCCC. The summed E-state index contributed by atoms with van der Waals surface area (Å²) in [4.78, 5) is 42.6. The first-order valence-electron chi connectivity index (χ1n) is 19.8. The van der Waals surface area contributed by atoms with Gasteiger partial charge in [0.25, 0.3) is 0 Å². The van der Waals surface area contributed by atoms with E-state index in [1.165, 1.54) is 141 Å². The number of hydrogen-bond donors (Lipinski definition) is 2. The number of rotatable bonds is 37. The summed E-state index contributed by atoms with van der Waals surface area (Å²) in [6, 6.07) is 0. The molecule has 2 N–H and O–H groups in total. The molecule has 0 radical (unpaired) electrons. The lowest BCUT2D eigenvalue weighted by molar-refractivity contribution is -0.161. The van der Waals surface area contributed by atoms with Crippen molar-refractivity contribution in [2.24, 2.45) is 0 Å². The van der Waals surface area contributed by atoms with E-state index in [0.717, 1.165) is 38.5 Å². The summed E-state index contributed by atoms with van der Waals surface area (Å²) >= 11 is 0. The molecule has 0 aromatic rings. The van der Waals surface area contributed by atoms with Gasteiger partial charge < -0.3 is 19.3 Å². The van der Waals surface area contributed by atoms with E-state index in [9.17, 15) is 14.2 Å². The van der Waals surface area contributed by atoms with Gasteiger partial charge in [0.2, 0.25) is 0 Å². The van der Waals surface area contributed by atoms with Gasteiger partial charge in [0.1, 0.15) is 6.61 Å². The highest BCUT2D eigenvalue weighted by Crippen LogP contribution is 2.36. The number of hydrogen-bond acceptors (Lipinski definition) is 6. The van der Waals surface area contributed by atoms with E-state index < -0.39 is 32.5 Å². The quantitative estimate of drug-likeness (QED) is 0.0375. The molecule has 0 saturated carbocycles. The van der Waals surface area contributed by atoms with Gasteiger partial charge in [-0.1, -0.05) is 187 Å². The zero-order valence-corrected chi connectivity index (χ0v) is 31.6. The van der Waals surface area contributed by atoms with Crippen molar-refractivity contribution in [3.8, 4) is 0 Å². The summed E-state index contributed by atoms with van der Waals surface area (Å²) in [7, 11) is -4.74. The molecule has 0 spiro atoms. The Kier molecular flexibility index (Phi) is 34.2. The Hall–Kier alpha value is -0.950. The van der Waals surface area contributed by atoms with E-state index in [4.69, 9.17) is 19.3 Å². The van der Waals surface area contributed by atoms with Crippen molar-refractivity contribution in [3.63, 3.8) is 0 Å². The van der Waals surface area contributed by atoms with E-state index in [2.05, 4.69) is 18.4 Å². The first-order chi connectivity index (χ1) is 22.8. The van der Waals surface area contributed by atoms with Crippen LogP contribution in [0, 0.1) is 0 Å². The lowest BCUT2D eigenvalue weighted by Gasteiger charge is -2.18. The molecule has 0 bridgehead atoms. The molecule has 0 heterocycles. The van der Waals surface area contributed by atoms with Crippen molar-refractivity contribution < 1.29 is 37.9 Å². The molecule has 0 aromatic carbocycles. The first kappa shape index (κ1) is 46.0. The third-order valence-corrected chi connectivity index (χ3v) is 9.36. The molecular weight excluding hydrogens is 615 g/mol. The van der Waals surface area contributed by atoms with Gasteiger partial charge in [0, 0.05) is 12.8 Å². The number of esters is 2. The van der Waals surface area contributed by atoms with Gasteiger partial charge in [-0.15, -0.1) is 0 Å². The van der Waals surface area contributed by atoms with Gasteiger partial charge in [-0.3, -0.25) is 14.1 Å². The van der Waals surface area contributed by atoms with Crippen molar-refractivity contribution in [2.45, 2.75) is 219 Å². The van der Waals surface area contributed by atoms with E-state index in [1.807, 2.05) is 0 Å². The smallest absolute Gasteiger partial charge is 0.462 e. The van der Waals surface area contributed by atoms with Crippen LogP contribution in [-0.2, 0) is 28.2 Å². The van der Waals surface area contributed by atoms with Crippen LogP contribution in [-0.4, -0.2) is 41.0 Å². The molecule has 0 aromatic heterocycles. The van der Waals surface area contributed by atoms with Gasteiger partial charge in [-0.2, -0.15) is 0 Å². The van der Waals surface area contributed by atoms with Crippen LogP contribution in [0.15, 0.2) is 0 Å². The number of phosphoric acid groups is 1. The zero-order valence-electron chi connectivity index (χ0n) is 30.7.